The number of fused-ring (bicyclic) bond motifs is 1. The van der Waals surface area contributed by atoms with Gasteiger partial charge in [-0.1, -0.05) is 51.5 Å². The number of rotatable bonds is 4. The predicted octanol–water partition coefficient (Wildman–Crippen LogP) is 5.30. The van der Waals surface area contributed by atoms with Gasteiger partial charge in [0.2, 0.25) is 0 Å². The Morgan fingerprint density at radius 1 is 1.08 bits per heavy atom. The zero-order chi connectivity index (χ0) is 17.9. The predicted molar refractivity (Wildman–Crippen MR) is 109 cm³/mol. The van der Waals surface area contributed by atoms with E-state index in [0.29, 0.717) is 17.2 Å². The minimum atomic E-state index is -0.0763. The number of carbonyl (C=O) groups excluding carboxylic acids is 1. The highest BCUT2D eigenvalue weighted by atomic mass is 79.9. The van der Waals surface area contributed by atoms with Crippen molar-refractivity contribution in [3.05, 3.63) is 88.7 Å². The van der Waals surface area contributed by atoms with Gasteiger partial charge in [0.05, 0.1) is 16.8 Å². The summed E-state index contributed by atoms with van der Waals surface area (Å²) in [7, 11) is 0. The van der Waals surface area contributed by atoms with E-state index in [1.54, 1.807) is 17.3 Å². The van der Waals surface area contributed by atoms with Crippen molar-refractivity contribution in [1.82, 2.24) is 9.97 Å². The number of hydrogen-bond acceptors (Lipinski definition) is 4. The van der Waals surface area contributed by atoms with Crippen molar-refractivity contribution in [2.75, 3.05) is 4.90 Å². The van der Waals surface area contributed by atoms with Gasteiger partial charge in [-0.05, 0) is 42.0 Å². The van der Waals surface area contributed by atoms with Gasteiger partial charge in [-0.2, -0.15) is 0 Å². The Bertz CT molecular complexity index is 1050. The third-order valence-corrected chi connectivity index (χ3v) is 5.43. The molecule has 0 spiro atoms. The van der Waals surface area contributed by atoms with Crippen LogP contribution in [0, 0.1) is 0 Å². The van der Waals surface area contributed by atoms with Gasteiger partial charge in [-0.15, -0.1) is 0 Å². The van der Waals surface area contributed by atoms with Gasteiger partial charge in [0.1, 0.15) is 0 Å². The van der Waals surface area contributed by atoms with Crippen LogP contribution in [0.3, 0.4) is 0 Å². The molecular weight excluding hydrogens is 410 g/mol. The number of thiazole rings is 1. The molecule has 0 atom stereocenters. The van der Waals surface area contributed by atoms with Crippen LogP contribution in [0.4, 0.5) is 5.13 Å². The van der Waals surface area contributed by atoms with Crippen LogP contribution >= 0.6 is 27.3 Å². The number of hydrogen-bond donors (Lipinski definition) is 0. The van der Waals surface area contributed by atoms with E-state index in [1.165, 1.54) is 11.3 Å². The molecule has 0 aliphatic carbocycles. The molecule has 0 N–H and O–H groups in total. The fraction of sp³-hybridized carbons (Fsp3) is 0.0500. The first kappa shape index (κ1) is 16.9. The Labute approximate surface area is 163 Å². The molecule has 0 fully saturated rings. The molecular formula is C20H14BrN3OS. The molecule has 0 saturated carbocycles. The number of anilines is 1. The van der Waals surface area contributed by atoms with Crippen LogP contribution in [0.1, 0.15) is 15.9 Å². The summed E-state index contributed by atoms with van der Waals surface area (Å²) in [6.07, 6.45) is 3.50. The molecule has 0 radical (unpaired) electrons. The minimum absolute atomic E-state index is 0.0763. The van der Waals surface area contributed by atoms with E-state index in [1.807, 2.05) is 60.7 Å². The van der Waals surface area contributed by atoms with E-state index in [0.717, 1.165) is 20.3 Å². The van der Waals surface area contributed by atoms with Crippen molar-refractivity contribution in [2.24, 2.45) is 0 Å². The summed E-state index contributed by atoms with van der Waals surface area (Å²) >= 11 is 4.99. The van der Waals surface area contributed by atoms with E-state index in [9.17, 15) is 4.79 Å². The maximum atomic E-state index is 13.2. The van der Waals surface area contributed by atoms with Crippen LogP contribution < -0.4 is 4.90 Å². The fourth-order valence-corrected chi connectivity index (χ4v) is 4.15. The second-order valence-electron chi connectivity index (χ2n) is 5.73. The molecule has 4 aromatic rings. The molecule has 2 aromatic carbocycles. The first-order valence-corrected chi connectivity index (χ1v) is 9.63. The van der Waals surface area contributed by atoms with Crippen LogP contribution in [-0.4, -0.2) is 15.9 Å². The van der Waals surface area contributed by atoms with Gasteiger partial charge in [0, 0.05) is 22.4 Å². The number of amides is 1. The average Bonchev–Trinajstić information content (AvgIpc) is 3.10. The summed E-state index contributed by atoms with van der Waals surface area (Å²) < 4.78 is 2.03. The lowest BCUT2D eigenvalue weighted by Crippen LogP contribution is -2.30. The molecule has 4 rings (SSSR count). The van der Waals surface area contributed by atoms with Gasteiger partial charge in [-0.25, -0.2) is 4.98 Å². The molecule has 0 unspecified atom stereocenters. The Kier molecular flexibility index (Phi) is 4.77. The monoisotopic (exact) mass is 423 g/mol. The highest BCUT2D eigenvalue weighted by Crippen LogP contribution is 2.32. The molecule has 0 bridgehead atoms. The summed E-state index contributed by atoms with van der Waals surface area (Å²) in [6, 6.07) is 19.0. The number of halogens is 1. The lowest BCUT2D eigenvalue weighted by Gasteiger charge is -2.20. The topological polar surface area (TPSA) is 46.1 Å². The smallest absolute Gasteiger partial charge is 0.260 e. The standard InChI is InChI=1S/C20H14BrN3OS/c21-16-8-9-17-18(11-16)26-20(23-17)24(13-14-5-4-10-22-12-14)19(25)15-6-2-1-3-7-15/h1-12H,13H2. The van der Waals surface area contributed by atoms with E-state index in [4.69, 9.17) is 0 Å². The first-order chi connectivity index (χ1) is 12.7. The van der Waals surface area contributed by atoms with E-state index >= 15 is 0 Å². The van der Waals surface area contributed by atoms with Crippen molar-refractivity contribution in [3.63, 3.8) is 0 Å². The Morgan fingerprint density at radius 3 is 2.69 bits per heavy atom. The SMILES string of the molecule is O=C(c1ccccc1)N(Cc1cccnc1)c1nc2ccc(Br)cc2s1. The van der Waals surface area contributed by atoms with Crippen LogP contribution in [-0.2, 0) is 6.54 Å². The number of carbonyl (C=O) groups is 1. The lowest BCUT2D eigenvalue weighted by molar-refractivity contribution is 0.0985. The van der Waals surface area contributed by atoms with Gasteiger partial charge < -0.3 is 0 Å². The minimum Gasteiger partial charge on any atom is -0.279 e. The second-order valence-corrected chi connectivity index (χ2v) is 7.65. The highest BCUT2D eigenvalue weighted by molar-refractivity contribution is 9.10. The Hall–Kier alpha value is -2.57. The zero-order valence-electron chi connectivity index (χ0n) is 13.7. The van der Waals surface area contributed by atoms with Crippen molar-refractivity contribution < 1.29 is 4.79 Å². The summed E-state index contributed by atoms with van der Waals surface area (Å²) in [5, 5.41) is 0.677. The van der Waals surface area contributed by atoms with Gasteiger partial charge in [-0.3, -0.25) is 14.7 Å². The number of nitrogens with zero attached hydrogens (tertiary/aromatic N) is 3. The molecule has 0 aliphatic rings. The zero-order valence-corrected chi connectivity index (χ0v) is 16.1. The van der Waals surface area contributed by atoms with E-state index in [2.05, 4.69) is 25.9 Å². The molecule has 4 nitrogen and oxygen atoms in total. The van der Waals surface area contributed by atoms with Gasteiger partial charge >= 0.3 is 0 Å². The lowest BCUT2D eigenvalue weighted by atomic mass is 10.2. The summed E-state index contributed by atoms with van der Waals surface area (Å²) in [5.74, 6) is -0.0763. The number of benzene rings is 2. The van der Waals surface area contributed by atoms with Crippen molar-refractivity contribution in [3.8, 4) is 0 Å². The molecule has 0 saturated heterocycles. The molecule has 1 amide bonds. The Balaban J connectivity index is 1.77. The second kappa shape index (κ2) is 7.35. The van der Waals surface area contributed by atoms with Crippen molar-refractivity contribution in [1.29, 1.82) is 0 Å². The maximum Gasteiger partial charge on any atom is 0.260 e. The number of aromatic nitrogens is 2. The van der Waals surface area contributed by atoms with Crippen LogP contribution in [0.15, 0.2) is 77.5 Å². The number of pyridine rings is 1. The maximum absolute atomic E-state index is 13.2. The van der Waals surface area contributed by atoms with E-state index in [-0.39, 0.29) is 5.91 Å². The molecule has 0 aliphatic heterocycles. The molecule has 2 aromatic heterocycles. The summed E-state index contributed by atoms with van der Waals surface area (Å²) in [4.78, 5) is 23.7. The molecule has 2 heterocycles. The normalized spacial score (nSPS) is 10.8. The van der Waals surface area contributed by atoms with Gasteiger partial charge in [0.25, 0.3) is 5.91 Å². The quantitative estimate of drug-likeness (QED) is 0.447. The molecule has 6 heteroatoms. The Morgan fingerprint density at radius 2 is 1.92 bits per heavy atom. The molecule has 26 heavy (non-hydrogen) atoms. The average molecular weight is 424 g/mol. The first-order valence-electron chi connectivity index (χ1n) is 8.02. The third-order valence-electron chi connectivity index (χ3n) is 3.90. The summed E-state index contributed by atoms with van der Waals surface area (Å²) in [6.45, 7) is 0.419. The third kappa shape index (κ3) is 3.52. The van der Waals surface area contributed by atoms with Crippen molar-refractivity contribution >= 4 is 48.5 Å². The van der Waals surface area contributed by atoms with Gasteiger partial charge in [0.15, 0.2) is 5.13 Å². The highest BCUT2D eigenvalue weighted by Gasteiger charge is 2.21. The van der Waals surface area contributed by atoms with Crippen LogP contribution in [0.5, 0.6) is 0 Å². The fourth-order valence-electron chi connectivity index (χ4n) is 2.64. The van der Waals surface area contributed by atoms with Crippen molar-refractivity contribution in [2.45, 2.75) is 6.54 Å². The van der Waals surface area contributed by atoms with Crippen LogP contribution in [0.2, 0.25) is 0 Å². The van der Waals surface area contributed by atoms with Crippen LogP contribution in [0.25, 0.3) is 10.2 Å². The summed E-state index contributed by atoms with van der Waals surface area (Å²) in [5.41, 5.74) is 2.47. The molecule has 128 valence electrons. The van der Waals surface area contributed by atoms with E-state index < -0.39 is 0 Å². The largest absolute Gasteiger partial charge is 0.279 e.